The first-order valence-electron chi connectivity index (χ1n) is 7.48. The van der Waals surface area contributed by atoms with E-state index in [-0.39, 0.29) is 18.9 Å². The molecule has 1 atom stereocenters. The first-order chi connectivity index (χ1) is 10.4. The quantitative estimate of drug-likeness (QED) is 0.588. The second-order valence-corrected chi connectivity index (χ2v) is 5.49. The van der Waals surface area contributed by atoms with Crippen LogP contribution in [-0.2, 0) is 25.5 Å². The van der Waals surface area contributed by atoms with E-state index in [0.717, 1.165) is 5.56 Å². The molecule has 0 aliphatic carbocycles. The minimum Gasteiger partial charge on any atom is -0.464 e. The predicted molar refractivity (Wildman–Crippen MR) is 83.2 cm³/mol. The van der Waals surface area contributed by atoms with Crippen LogP contribution in [0.4, 0.5) is 0 Å². The molecule has 0 aliphatic rings. The summed E-state index contributed by atoms with van der Waals surface area (Å²) in [5.74, 6) is -1.69. The molecule has 22 heavy (non-hydrogen) atoms. The molecule has 0 saturated heterocycles. The highest BCUT2D eigenvalue weighted by Gasteiger charge is 2.25. The molecule has 1 N–H and O–H groups in total. The molecule has 1 rings (SSSR count). The zero-order valence-electron chi connectivity index (χ0n) is 13.3. The van der Waals surface area contributed by atoms with Crippen LogP contribution in [0.5, 0.6) is 0 Å². The van der Waals surface area contributed by atoms with Gasteiger partial charge in [0.15, 0.2) is 0 Å². The van der Waals surface area contributed by atoms with Crippen molar-refractivity contribution in [3.8, 4) is 0 Å². The number of esters is 1. The third-order valence-electron chi connectivity index (χ3n) is 3.01. The van der Waals surface area contributed by atoms with Crippen molar-refractivity contribution < 1.29 is 19.1 Å². The van der Waals surface area contributed by atoms with Gasteiger partial charge < -0.3 is 10.1 Å². The summed E-state index contributed by atoms with van der Waals surface area (Å²) in [5.41, 5.74) is 0.886. The maximum Gasteiger partial charge on any atom is 0.328 e. The average Bonchev–Trinajstić information content (AvgIpc) is 2.47. The fourth-order valence-corrected chi connectivity index (χ4v) is 1.99. The molecule has 0 spiro atoms. The molecule has 5 nitrogen and oxygen atoms in total. The van der Waals surface area contributed by atoms with Gasteiger partial charge in [-0.05, 0) is 18.4 Å². The molecule has 0 heterocycles. The number of ether oxygens (including phenoxy) is 1. The van der Waals surface area contributed by atoms with Crippen LogP contribution in [0.15, 0.2) is 30.3 Å². The molecule has 1 aromatic rings. The van der Waals surface area contributed by atoms with Gasteiger partial charge in [0.1, 0.15) is 6.04 Å². The van der Waals surface area contributed by atoms with Gasteiger partial charge in [-0.1, -0.05) is 44.2 Å². The van der Waals surface area contributed by atoms with Crippen LogP contribution in [0.25, 0.3) is 0 Å². The summed E-state index contributed by atoms with van der Waals surface area (Å²) in [6, 6.07) is 8.42. The zero-order valence-corrected chi connectivity index (χ0v) is 13.3. The molecule has 120 valence electrons. The lowest BCUT2D eigenvalue weighted by atomic mass is 10.0. The fraction of sp³-hybridized carbons (Fsp3) is 0.471. The number of benzene rings is 1. The Morgan fingerprint density at radius 1 is 1.14 bits per heavy atom. The van der Waals surface area contributed by atoms with Crippen molar-refractivity contribution in [1.29, 1.82) is 0 Å². The van der Waals surface area contributed by atoms with Crippen molar-refractivity contribution in [2.75, 3.05) is 6.61 Å². The summed E-state index contributed by atoms with van der Waals surface area (Å²) < 4.78 is 4.97. The molecule has 0 saturated carbocycles. The number of amides is 1. The maximum absolute atomic E-state index is 12.0. The van der Waals surface area contributed by atoms with E-state index in [0.29, 0.717) is 6.42 Å². The molecule has 0 fully saturated rings. The standard InChI is InChI=1S/C17H23NO4/c1-4-22-17(21)14(11-13-8-6-5-7-9-13)18-16(20)15(19)10-12(2)3/h5-9,12,14H,4,10-11H2,1-3H3,(H,18,20)/t14-/m0/s1. The topological polar surface area (TPSA) is 72.5 Å². The maximum atomic E-state index is 12.0. The summed E-state index contributed by atoms with van der Waals surface area (Å²) in [7, 11) is 0. The van der Waals surface area contributed by atoms with E-state index in [2.05, 4.69) is 5.32 Å². The first-order valence-corrected chi connectivity index (χ1v) is 7.48. The van der Waals surface area contributed by atoms with Crippen molar-refractivity contribution in [3.05, 3.63) is 35.9 Å². The summed E-state index contributed by atoms with van der Waals surface area (Å²) in [4.78, 5) is 35.7. The van der Waals surface area contributed by atoms with Crippen molar-refractivity contribution in [2.45, 2.75) is 39.7 Å². The largest absolute Gasteiger partial charge is 0.464 e. The Kier molecular flexibility index (Phi) is 7.29. The van der Waals surface area contributed by atoms with Gasteiger partial charge in [-0.3, -0.25) is 9.59 Å². The van der Waals surface area contributed by atoms with Crippen molar-refractivity contribution in [1.82, 2.24) is 5.32 Å². The molecule has 0 aliphatic heterocycles. The van der Waals surface area contributed by atoms with Gasteiger partial charge in [-0.2, -0.15) is 0 Å². The summed E-state index contributed by atoms with van der Waals surface area (Å²) in [6.45, 7) is 5.64. The summed E-state index contributed by atoms with van der Waals surface area (Å²) in [5, 5.41) is 2.49. The summed E-state index contributed by atoms with van der Waals surface area (Å²) in [6.07, 6.45) is 0.451. The second kappa shape index (κ2) is 8.97. The highest BCUT2D eigenvalue weighted by Crippen LogP contribution is 2.06. The van der Waals surface area contributed by atoms with Crippen LogP contribution < -0.4 is 5.32 Å². The predicted octanol–water partition coefficient (Wildman–Crippen LogP) is 1.89. The van der Waals surface area contributed by atoms with Gasteiger partial charge in [-0.15, -0.1) is 0 Å². The number of carbonyl (C=O) groups excluding carboxylic acids is 3. The average molecular weight is 305 g/mol. The Balaban J connectivity index is 2.76. The highest BCUT2D eigenvalue weighted by atomic mass is 16.5. The van der Waals surface area contributed by atoms with Crippen molar-refractivity contribution in [2.24, 2.45) is 5.92 Å². The lowest BCUT2D eigenvalue weighted by Gasteiger charge is -2.17. The number of hydrogen-bond acceptors (Lipinski definition) is 4. The lowest BCUT2D eigenvalue weighted by molar-refractivity contribution is -0.148. The number of carbonyl (C=O) groups is 3. The molecule has 1 aromatic carbocycles. The molecule has 0 unspecified atom stereocenters. The van der Waals surface area contributed by atoms with Gasteiger partial charge in [0, 0.05) is 12.8 Å². The minimum absolute atomic E-state index is 0.0911. The van der Waals surface area contributed by atoms with Crippen molar-refractivity contribution >= 4 is 17.7 Å². The molecule has 0 radical (unpaired) electrons. The van der Waals surface area contributed by atoms with Crippen LogP contribution in [0.2, 0.25) is 0 Å². The summed E-state index contributed by atoms with van der Waals surface area (Å²) >= 11 is 0. The third kappa shape index (κ3) is 6.08. The number of nitrogens with one attached hydrogen (secondary N) is 1. The Morgan fingerprint density at radius 2 is 1.77 bits per heavy atom. The molecule has 0 aromatic heterocycles. The van der Waals surface area contributed by atoms with Gasteiger partial charge in [0.2, 0.25) is 5.78 Å². The van der Waals surface area contributed by atoms with E-state index in [9.17, 15) is 14.4 Å². The van der Waals surface area contributed by atoms with E-state index in [1.165, 1.54) is 0 Å². The first kappa shape index (κ1) is 17.9. The minimum atomic E-state index is -0.856. The molecular formula is C17H23NO4. The van der Waals surface area contributed by atoms with Crippen LogP contribution in [0.1, 0.15) is 32.8 Å². The Bertz CT molecular complexity index is 511. The molecule has 0 bridgehead atoms. The lowest BCUT2D eigenvalue weighted by Crippen LogP contribution is -2.46. The van der Waals surface area contributed by atoms with E-state index >= 15 is 0 Å². The van der Waals surface area contributed by atoms with E-state index in [4.69, 9.17) is 4.74 Å². The fourth-order valence-electron chi connectivity index (χ4n) is 1.99. The number of hydrogen-bond donors (Lipinski definition) is 1. The highest BCUT2D eigenvalue weighted by molar-refractivity contribution is 6.36. The molecular weight excluding hydrogens is 282 g/mol. The smallest absolute Gasteiger partial charge is 0.328 e. The number of ketones is 1. The van der Waals surface area contributed by atoms with E-state index in [1.54, 1.807) is 6.92 Å². The van der Waals surface area contributed by atoms with Gasteiger partial charge in [-0.25, -0.2) is 4.79 Å². The van der Waals surface area contributed by atoms with Gasteiger partial charge in [0.25, 0.3) is 5.91 Å². The van der Waals surface area contributed by atoms with Crippen molar-refractivity contribution in [3.63, 3.8) is 0 Å². The monoisotopic (exact) mass is 305 g/mol. The van der Waals surface area contributed by atoms with Gasteiger partial charge in [0.05, 0.1) is 6.61 Å². The number of rotatable bonds is 8. The van der Waals surface area contributed by atoms with Crippen LogP contribution in [-0.4, -0.2) is 30.3 Å². The van der Waals surface area contributed by atoms with Crippen LogP contribution in [0, 0.1) is 5.92 Å². The normalized spacial score (nSPS) is 11.8. The molecule has 5 heteroatoms. The third-order valence-corrected chi connectivity index (χ3v) is 3.01. The Morgan fingerprint density at radius 3 is 2.32 bits per heavy atom. The second-order valence-electron chi connectivity index (χ2n) is 5.49. The molecule has 1 amide bonds. The van der Waals surface area contributed by atoms with E-state index < -0.39 is 23.7 Å². The van der Waals surface area contributed by atoms with E-state index in [1.807, 2.05) is 44.2 Å². The SMILES string of the molecule is CCOC(=O)[C@H](Cc1ccccc1)NC(=O)C(=O)CC(C)C. The van der Waals surface area contributed by atoms with Gasteiger partial charge >= 0.3 is 5.97 Å². The van der Waals surface area contributed by atoms with Crippen LogP contribution in [0.3, 0.4) is 0 Å². The van der Waals surface area contributed by atoms with Crippen LogP contribution >= 0.6 is 0 Å². The number of Topliss-reactive ketones (excluding diaryl/α,β-unsaturated/α-hetero) is 1. The zero-order chi connectivity index (χ0) is 16.5. The Hall–Kier alpha value is -2.17. The Labute approximate surface area is 131 Å².